The number of aliphatic imine (C=N–C) groups is 1. The summed E-state index contributed by atoms with van der Waals surface area (Å²) in [6.07, 6.45) is 8.00. The fourth-order valence-electron chi connectivity index (χ4n) is 2.82. The Kier molecular flexibility index (Phi) is 7.14. The second-order valence-corrected chi connectivity index (χ2v) is 7.73. The van der Waals surface area contributed by atoms with Crippen LogP contribution in [0.4, 0.5) is 0 Å². The van der Waals surface area contributed by atoms with Crippen LogP contribution in [0.5, 0.6) is 0 Å². The van der Waals surface area contributed by atoms with E-state index < -0.39 is 28.1 Å². The number of benzene rings is 1. The van der Waals surface area contributed by atoms with Crippen LogP contribution in [-0.2, 0) is 19.6 Å². The number of rotatable bonds is 5. The molecule has 0 saturated carbocycles. The van der Waals surface area contributed by atoms with E-state index in [9.17, 15) is 13.2 Å². The number of aryl methyl sites for hydroxylation is 1. The second-order valence-electron chi connectivity index (χ2n) is 5.89. The van der Waals surface area contributed by atoms with Crippen molar-refractivity contribution in [2.75, 3.05) is 6.61 Å². The zero-order chi connectivity index (χ0) is 18.7. The molecule has 0 aromatic heterocycles. The van der Waals surface area contributed by atoms with Gasteiger partial charge in [-0.25, -0.2) is 17.5 Å². The molecule has 0 amide bonds. The molecule has 8 heteroatoms. The van der Waals surface area contributed by atoms with Crippen molar-refractivity contribution in [1.82, 2.24) is 4.31 Å². The van der Waals surface area contributed by atoms with Gasteiger partial charge in [-0.3, -0.25) is 4.99 Å². The van der Waals surface area contributed by atoms with Gasteiger partial charge in [-0.1, -0.05) is 23.8 Å². The van der Waals surface area contributed by atoms with Gasteiger partial charge in [0.05, 0.1) is 11.5 Å². The maximum atomic E-state index is 13.1. The summed E-state index contributed by atoms with van der Waals surface area (Å²) < 4.78 is 32.5. The quantitative estimate of drug-likeness (QED) is 0.470. The number of carbonyl (C=O) groups excluding carboxylic acids is 1. The van der Waals surface area contributed by atoms with E-state index in [0.717, 1.165) is 9.87 Å². The molecule has 0 spiro atoms. The standard InChI is InChI=1S/C19H19N2O4S.In/c1-3-25-19(22)17-18(15-7-5-4-6-8-15)21(13-20-17)26(23,24)16-11-9-14(2)10-12-16;/h5-13,17-18H,3H2,1-2H3;/t17-,18-;/m1./s1. The van der Waals surface area contributed by atoms with Crippen LogP contribution in [0, 0.1) is 13.3 Å². The van der Waals surface area contributed by atoms with Gasteiger partial charge in [-0.2, -0.15) is 0 Å². The van der Waals surface area contributed by atoms with Crippen LogP contribution in [0.1, 0.15) is 12.5 Å². The molecule has 0 N–H and O–H groups in total. The van der Waals surface area contributed by atoms with Gasteiger partial charge in [0.25, 0.3) is 10.0 Å². The van der Waals surface area contributed by atoms with Crippen molar-refractivity contribution in [1.29, 1.82) is 0 Å². The summed E-state index contributed by atoms with van der Waals surface area (Å²) in [7, 11) is -3.87. The van der Waals surface area contributed by atoms with E-state index in [1.807, 2.05) is 6.92 Å². The Morgan fingerprint density at radius 2 is 1.96 bits per heavy atom. The van der Waals surface area contributed by atoms with E-state index >= 15 is 0 Å². The first-order chi connectivity index (χ1) is 12.4. The maximum Gasteiger partial charge on any atom is 0.333 e. The van der Waals surface area contributed by atoms with Gasteiger partial charge in [0, 0.05) is 32.3 Å². The van der Waals surface area contributed by atoms with Crippen LogP contribution in [0.15, 0.2) is 63.7 Å². The third-order valence-corrected chi connectivity index (χ3v) is 5.87. The minimum atomic E-state index is -3.87. The Morgan fingerprint density at radius 1 is 1.26 bits per heavy atom. The van der Waals surface area contributed by atoms with Gasteiger partial charge in [-0.05, 0) is 43.7 Å². The summed E-state index contributed by atoms with van der Waals surface area (Å²) in [6.45, 7) is 3.78. The van der Waals surface area contributed by atoms with Crippen molar-refractivity contribution in [3.63, 3.8) is 0 Å². The van der Waals surface area contributed by atoms with Crippen molar-refractivity contribution in [3.8, 4) is 0 Å². The SMILES string of the molecule is CCOC(=O)[C@@H]1N=CN(S(=O)(=O)c2ccc(C)cc2)[C@@H]1C1=CC=C=C[CH]1.[In]. The first-order valence-corrected chi connectivity index (χ1v) is 9.65. The third-order valence-electron chi connectivity index (χ3n) is 4.12. The van der Waals surface area contributed by atoms with Gasteiger partial charge in [0.2, 0.25) is 0 Å². The molecule has 4 radical (unpaired) electrons. The van der Waals surface area contributed by atoms with Gasteiger partial charge in [0.1, 0.15) is 12.4 Å². The number of allylic oxidation sites excluding steroid dienone is 2. The summed E-state index contributed by atoms with van der Waals surface area (Å²) >= 11 is 0. The molecule has 1 aliphatic heterocycles. The average Bonchev–Trinajstić information content (AvgIpc) is 3.09. The van der Waals surface area contributed by atoms with Gasteiger partial charge >= 0.3 is 5.97 Å². The van der Waals surface area contributed by atoms with Gasteiger partial charge in [0.15, 0.2) is 6.04 Å². The molecule has 27 heavy (non-hydrogen) atoms. The molecule has 138 valence electrons. The summed E-state index contributed by atoms with van der Waals surface area (Å²) in [5.74, 6) is -0.553. The van der Waals surface area contributed by atoms with E-state index in [2.05, 4.69) is 10.7 Å². The van der Waals surface area contributed by atoms with Crippen molar-refractivity contribution in [2.24, 2.45) is 4.99 Å². The van der Waals surface area contributed by atoms with E-state index in [4.69, 9.17) is 4.74 Å². The average molecular weight is 486 g/mol. The van der Waals surface area contributed by atoms with Crippen LogP contribution in [0.25, 0.3) is 0 Å². The van der Waals surface area contributed by atoms with E-state index in [0.29, 0.717) is 5.57 Å². The zero-order valence-electron chi connectivity index (χ0n) is 15.1. The number of esters is 1. The van der Waals surface area contributed by atoms with Crippen molar-refractivity contribution in [3.05, 3.63) is 65.8 Å². The Hall–Kier alpha value is -1.76. The fourth-order valence-corrected chi connectivity index (χ4v) is 4.26. The first-order valence-electron chi connectivity index (χ1n) is 8.21. The number of nitrogens with zero attached hydrogens (tertiary/aromatic N) is 2. The monoisotopic (exact) mass is 486 g/mol. The smallest absolute Gasteiger partial charge is 0.333 e. The molecule has 6 nitrogen and oxygen atoms in total. The molecule has 1 aliphatic carbocycles. The Bertz CT molecular complexity index is 929. The minimum Gasteiger partial charge on any atom is -0.464 e. The second kappa shape index (κ2) is 8.95. The Morgan fingerprint density at radius 3 is 2.56 bits per heavy atom. The van der Waals surface area contributed by atoms with Crippen molar-refractivity contribution in [2.45, 2.75) is 30.8 Å². The largest absolute Gasteiger partial charge is 0.464 e. The number of hydrogen-bond donors (Lipinski definition) is 0. The first kappa shape index (κ1) is 21.5. The van der Waals surface area contributed by atoms with Crippen LogP contribution in [0.3, 0.4) is 0 Å². The predicted molar refractivity (Wildman–Crippen MR) is 104 cm³/mol. The van der Waals surface area contributed by atoms with Crippen LogP contribution in [0.2, 0.25) is 0 Å². The maximum absolute atomic E-state index is 13.1. The minimum absolute atomic E-state index is 0. The van der Waals surface area contributed by atoms with Crippen LogP contribution >= 0.6 is 0 Å². The van der Waals surface area contributed by atoms with Crippen molar-refractivity contribution < 1.29 is 17.9 Å². The Labute approximate surface area is 178 Å². The van der Waals surface area contributed by atoms with E-state index in [-0.39, 0.29) is 37.3 Å². The molecular weight excluding hydrogens is 467 g/mol. The van der Waals surface area contributed by atoms with Crippen molar-refractivity contribution >= 4 is 48.2 Å². The van der Waals surface area contributed by atoms with E-state index in [1.54, 1.807) is 55.8 Å². The van der Waals surface area contributed by atoms with Crippen LogP contribution < -0.4 is 0 Å². The number of sulfonamides is 1. The third kappa shape index (κ3) is 4.39. The molecule has 1 aromatic rings. The summed E-state index contributed by atoms with van der Waals surface area (Å²) in [4.78, 5) is 16.6. The van der Waals surface area contributed by atoms with E-state index in [1.165, 1.54) is 6.34 Å². The molecule has 0 unspecified atom stereocenters. The molecule has 3 rings (SSSR count). The molecular formula is C19H19InN2O4S. The number of hydrogen-bond acceptors (Lipinski definition) is 5. The topological polar surface area (TPSA) is 76.0 Å². The molecule has 1 aromatic carbocycles. The molecule has 0 fully saturated rings. The molecule has 0 bridgehead atoms. The Balaban J connectivity index is 0.00000261. The fraction of sp³-hybridized carbons (Fsp3) is 0.263. The normalized spacial score (nSPS) is 21.0. The zero-order valence-corrected chi connectivity index (χ0v) is 19.2. The van der Waals surface area contributed by atoms with Gasteiger partial charge in [-0.15, -0.1) is 5.73 Å². The molecule has 1 heterocycles. The number of carbonyl (C=O) groups is 1. The molecule has 2 atom stereocenters. The predicted octanol–water partition coefficient (Wildman–Crippen LogP) is 1.80. The summed E-state index contributed by atoms with van der Waals surface area (Å²) in [6, 6.07) is 4.82. The summed E-state index contributed by atoms with van der Waals surface area (Å²) in [5.41, 5.74) is 4.50. The molecule has 0 saturated heterocycles. The van der Waals surface area contributed by atoms with Crippen LogP contribution in [-0.4, -0.2) is 69.6 Å². The summed E-state index contributed by atoms with van der Waals surface area (Å²) in [5, 5.41) is 0. The molecule has 2 aliphatic rings. The number of ether oxygens (including phenoxy) is 1. The van der Waals surface area contributed by atoms with Gasteiger partial charge < -0.3 is 4.74 Å².